The first kappa shape index (κ1) is 14.4. The fourth-order valence-electron chi connectivity index (χ4n) is 1.43. The van der Waals surface area contributed by atoms with Gasteiger partial charge in [0.05, 0.1) is 5.56 Å². The number of aryl methyl sites for hydroxylation is 1. The van der Waals surface area contributed by atoms with Crippen molar-refractivity contribution in [1.82, 2.24) is 9.97 Å². The molecule has 0 atom stereocenters. The second-order valence-corrected chi connectivity index (χ2v) is 5.95. The van der Waals surface area contributed by atoms with Crippen LogP contribution in [0.25, 0.3) is 0 Å². The number of anilines is 1. The van der Waals surface area contributed by atoms with Gasteiger partial charge in [0.1, 0.15) is 11.0 Å². The lowest BCUT2D eigenvalue weighted by molar-refractivity contribution is 0.102. The maximum absolute atomic E-state index is 12.1. The van der Waals surface area contributed by atoms with Gasteiger partial charge >= 0.3 is 0 Å². The van der Waals surface area contributed by atoms with Gasteiger partial charge < -0.3 is 5.32 Å². The topological polar surface area (TPSA) is 54.9 Å². The Morgan fingerprint density at radius 2 is 1.84 bits per heavy atom. The highest BCUT2D eigenvalue weighted by atomic mass is 79.9. The van der Waals surface area contributed by atoms with Gasteiger partial charge in [-0.05, 0) is 56.5 Å². The molecule has 0 saturated carbocycles. The Kier molecular flexibility index (Phi) is 4.54. The monoisotopic (exact) mass is 403 g/mol. The van der Waals surface area contributed by atoms with Gasteiger partial charge in [-0.15, -0.1) is 0 Å². The summed E-state index contributed by atoms with van der Waals surface area (Å²) in [5.74, 6) is 0.140. The molecule has 0 fully saturated rings. The first-order valence-corrected chi connectivity index (χ1v) is 7.18. The van der Waals surface area contributed by atoms with Gasteiger partial charge in [-0.25, -0.2) is 9.97 Å². The molecule has 1 N–H and O–H groups in total. The average molecular weight is 405 g/mol. The SMILES string of the molecule is Cc1cc(Br)cnc1NC(=O)c1cc(Br)cnc1Cl. The molecule has 0 bridgehead atoms. The molecule has 19 heavy (non-hydrogen) atoms. The zero-order valence-corrected chi connectivity index (χ0v) is 13.7. The van der Waals surface area contributed by atoms with E-state index in [1.165, 1.54) is 6.20 Å². The molecule has 0 radical (unpaired) electrons. The largest absolute Gasteiger partial charge is 0.306 e. The molecular weight excluding hydrogens is 397 g/mol. The number of nitrogens with zero attached hydrogens (tertiary/aromatic N) is 2. The average Bonchev–Trinajstić information content (AvgIpc) is 2.35. The zero-order valence-electron chi connectivity index (χ0n) is 9.75. The molecule has 0 aliphatic heterocycles. The molecule has 0 aliphatic carbocycles. The summed E-state index contributed by atoms with van der Waals surface area (Å²) in [7, 11) is 0. The molecule has 2 aromatic heterocycles. The Morgan fingerprint density at radius 1 is 1.21 bits per heavy atom. The highest BCUT2D eigenvalue weighted by Crippen LogP contribution is 2.21. The van der Waals surface area contributed by atoms with Crippen LogP contribution in [0.3, 0.4) is 0 Å². The number of carbonyl (C=O) groups is 1. The number of pyridine rings is 2. The van der Waals surface area contributed by atoms with E-state index in [1.54, 1.807) is 12.3 Å². The number of amides is 1. The number of hydrogen-bond donors (Lipinski definition) is 1. The van der Waals surface area contributed by atoms with Crippen LogP contribution in [-0.4, -0.2) is 15.9 Å². The van der Waals surface area contributed by atoms with Crippen molar-refractivity contribution in [3.05, 3.63) is 49.8 Å². The van der Waals surface area contributed by atoms with E-state index in [2.05, 4.69) is 47.1 Å². The quantitative estimate of drug-likeness (QED) is 0.762. The lowest BCUT2D eigenvalue weighted by Crippen LogP contribution is -2.15. The molecule has 0 unspecified atom stereocenters. The second kappa shape index (κ2) is 5.98. The number of nitrogens with one attached hydrogen (secondary N) is 1. The molecule has 0 aliphatic rings. The van der Waals surface area contributed by atoms with Crippen LogP contribution in [0.15, 0.2) is 33.5 Å². The van der Waals surface area contributed by atoms with Gasteiger partial charge in [-0.2, -0.15) is 0 Å². The Balaban J connectivity index is 2.28. The summed E-state index contributed by atoms with van der Waals surface area (Å²) in [5.41, 5.74) is 1.14. The minimum absolute atomic E-state index is 0.149. The van der Waals surface area contributed by atoms with E-state index in [0.717, 1.165) is 10.0 Å². The maximum atomic E-state index is 12.1. The molecule has 0 saturated heterocycles. The Hall–Kier alpha value is -0.980. The first-order valence-electron chi connectivity index (χ1n) is 5.22. The fraction of sp³-hybridized carbons (Fsp3) is 0.0833. The van der Waals surface area contributed by atoms with E-state index in [4.69, 9.17) is 11.6 Å². The fourth-order valence-corrected chi connectivity index (χ4v) is 2.39. The van der Waals surface area contributed by atoms with Crippen LogP contribution in [0.5, 0.6) is 0 Å². The van der Waals surface area contributed by atoms with Crippen molar-refractivity contribution in [3.8, 4) is 0 Å². The van der Waals surface area contributed by atoms with Crippen molar-refractivity contribution in [2.75, 3.05) is 5.32 Å². The number of hydrogen-bond acceptors (Lipinski definition) is 3. The van der Waals surface area contributed by atoms with Crippen molar-refractivity contribution in [2.45, 2.75) is 6.92 Å². The Bertz CT molecular complexity index is 649. The molecule has 0 aromatic carbocycles. The van der Waals surface area contributed by atoms with E-state index in [9.17, 15) is 4.79 Å². The van der Waals surface area contributed by atoms with Gasteiger partial charge in [0.2, 0.25) is 0 Å². The van der Waals surface area contributed by atoms with Crippen LogP contribution < -0.4 is 5.32 Å². The molecule has 2 rings (SSSR count). The van der Waals surface area contributed by atoms with Gasteiger partial charge in [0, 0.05) is 21.3 Å². The van der Waals surface area contributed by atoms with Crippen LogP contribution in [0.2, 0.25) is 5.15 Å². The molecule has 1 amide bonds. The number of rotatable bonds is 2. The van der Waals surface area contributed by atoms with Crippen LogP contribution in [0, 0.1) is 6.92 Å². The molecule has 2 heterocycles. The van der Waals surface area contributed by atoms with Crippen LogP contribution in [0.4, 0.5) is 5.82 Å². The zero-order chi connectivity index (χ0) is 14.0. The van der Waals surface area contributed by atoms with Crippen molar-refractivity contribution in [2.24, 2.45) is 0 Å². The van der Waals surface area contributed by atoms with Crippen molar-refractivity contribution in [3.63, 3.8) is 0 Å². The Labute approximate surface area is 131 Å². The summed E-state index contributed by atoms with van der Waals surface area (Å²) >= 11 is 12.5. The summed E-state index contributed by atoms with van der Waals surface area (Å²) < 4.78 is 1.53. The number of carbonyl (C=O) groups excluding carboxylic acids is 1. The summed E-state index contributed by atoms with van der Waals surface area (Å²) in [6.45, 7) is 1.86. The summed E-state index contributed by atoms with van der Waals surface area (Å²) in [6, 6.07) is 3.47. The van der Waals surface area contributed by atoms with Gasteiger partial charge in [-0.1, -0.05) is 11.6 Å². The van der Waals surface area contributed by atoms with E-state index in [-0.39, 0.29) is 11.1 Å². The molecule has 0 spiro atoms. The minimum Gasteiger partial charge on any atom is -0.306 e. The third-order valence-electron chi connectivity index (χ3n) is 2.33. The predicted octanol–water partition coefficient (Wildman–Crippen LogP) is 4.22. The molecular formula is C12H8Br2ClN3O. The lowest BCUT2D eigenvalue weighted by atomic mass is 10.2. The standard InChI is InChI=1S/C12H8Br2ClN3O/c1-6-2-7(13)5-17-11(6)18-12(19)9-3-8(14)4-16-10(9)15/h2-5H,1H3,(H,17,18,19). The van der Waals surface area contributed by atoms with E-state index in [1.807, 2.05) is 13.0 Å². The molecule has 2 aromatic rings. The van der Waals surface area contributed by atoms with Crippen LogP contribution >= 0.6 is 43.5 Å². The third kappa shape index (κ3) is 3.52. The highest BCUT2D eigenvalue weighted by molar-refractivity contribution is 9.10. The van der Waals surface area contributed by atoms with E-state index < -0.39 is 0 Å². The van der Waals surface area contributed by atoms with Crippen molar-refractivity contribution >= 4 is 55.2 Å². The van der Waals surface area contributed by atoms with E-state index >= 15 is 0 Å². The van der Waals surface area contributed by atoms with E-state index in [0.29, 0.717) is 15.9 Å². The molecule has 7 heteroatoms. The normalized spacial score (nSPS) is 10.3. The smallest absolute Gasteiger partial charge is 0.259 e. The first-order chi connectivity index (χ1) is 8.97. The third-order valence-corrected chi connectivity index (χ3v) is 3.50. The maximum Gasteiger partial charge on any atom is 0.259 e. The van der Waals surface area contributed by atoms with Crippen molar-refractivity contribution < 1.29 is 4.79 Å². The Morgan fingerprint density at radius 3 is 2.53 bits per heavy atom. The highest BCUT2D eigenvalue weighted by Gasteiger charge is 2.14. The lowest BCUT2D eigenvalue weighted by Gasteiger charge is -2.08. The van der Waals surface area contributed by atoms with Gasteiger partial charge in [-0.3, -0.25) is 4.79 Å². The van der Waals surface area contributed by atoms with Gasteiger partial charge in [0.15, 0.2) is 0 Å². The minimum atomic E-state index is -0.350. The van der Waals surface area contributed by atoms with Crippen LogP contribution in [0.1, 0.15) is 15.9 Å². The predicted molar refractivity (Wildman–Crippen MR) is 81.6 cm³/mol. The summed E-state index contributed by atoms with van der Waals surface area (Å²) in [5, 5.41) is 2.85. The summed E-state index contributed by atoms with van der Waals surface area (Å²) in [6.07, 6.45) is 3.14. The van der Waals surface area contributed by atoms with Crippen LogP contribution in [-0.2, 0) is 0 Å². The van der Waals surface area contributed by atoms with Gasteiger partial charge in [0.25, 0.3) is 5.91 Å². The molecule has 4 nitrogen and oxygen atoms in total. The summed E-state index contributed by atoms with van der Waals surface area (Å²) in [4.78, 5) is 20.2. The van der Waals surface area contributed by atoms with Crippen molar-refractivity contribution in [1.29, 1.82) is 0 Å². The number of aromatic nitrogens is 2. The second-order valence-electron chi connectivity index (χ2n) is 3.77. The number of halogens is 3. The molecule has 98 valence electrons.